The number of aliphatic hydroxyl groups excluding tert-OH is 1. The topological polar surface area (TPSA) is 93.7 Å². The Morgan fingerprint density at radius 1 is 1.15 bits per heavy atom. The molecule has 2 aromatic rings. The van der Waals surface area contributed by atoms with Crippen molar-refractivity contribution in [3.63, 3.8) is 0 Å². The van der Waals surface area contributed by atoms with Gasteiger partial charge in [-0.1, -0.05) is 41.9 Å². The summed E-state index contributed by atoms with van der Waals surface area (Å²) >= 11 is 5.74. The van der Waals surface area contributed by atoms with Crippen LogP contribution in [0, 0.1) is 0 Å². The Bertz CT molecular complexity index is 1190. The summed E-state index contributed by atoms with van der Waals surface area (Å²) < 4.78 is 50.7. The molecule has 0 bridgehead atoms. The molecule has 1 fully saturated rings. The number of amides is 1. The van der Waals surface area contributed by atoms with E-state index in [2.05, 4.69) is 0 Å². The summed E-state index contributed by atoms with van der Waals surface area (Å²) in [5.74, 6) is 0.468. The molecule has 1 saturated heterocycles. The number of nitrogens with zero attached hydrogens (tertiary/aromatic N) is 2. The minimum Gasteiger partial charge on any atom is -0.490 e. The predicted octanol–water partition coefficient (Wildman–Crippen LogP) is 4.36. The second-order valence-electron chi connectivity index (χ2n) is 9.20. The van der Waals surface area contributed by atoms with Crippen molar-refractivity contribution in [1.29, 1.82) is 0 Å². The first-order chi connectivity index (χ1) is 18.2. The molecule has 0 spiro atoms. The number of carbonyl (C=O) groups is 1. The molecule has 1 atom stereocenters. The van der Waals surface area contributed by atoms with Gasteiger partial charge < -0.3 is 25.0 Å². The van der Waals surface area contributed by atoms with Crippen LogP contribution in [0.5, 0.6) is 5.75 Å². The van der Waals surface area contributed by atoms with Crippen LogP contribution >= 0.6 is 24.0 Å². The standard InChI is InChI=1S/C28H30ClF3N2O4.ClH.H2O/c29-25-7-5-22(17-24(25)28(30,31)32)20-9-11-33(12-10-20)18-23(35)19-38-26-4-2-1-3-21(26)6-8-27(36)34-13-15-37-16-14-34;;/h1-9,17,23,35H,10-16,18-19H2;1H;1H2/t23-;;/m0../s1. The number of β-amino-alcohol motifs (C(OH)–C–C–N with tert-alkyl or cyclic N) is 1. The summed E-state index contributed by atoms with van der Waals surface area (Å²) in [5, 5.41) is 10.2. The van der Waals surface area contributed by atoms with Crippen molar-refractivity contribution >= 4 is 41.6 Å². The van der Waals surface area contributed by atoms with Crippen molar-refractivity contribution < 1.29 is 38.0 Å². The average Bonchev–Trinajstić information content (AvgIpc) is 2.91. The molecular formula is C28H33Cl2F3N2O5. The second-order valence-corrected chi connectivity index (χ2v) is 9.61. The van der Waals surface area contributed by atoms with Crippen molar-refractivity contribution in [2.24, 2.45) is 0 Å². The summed E-state index contributed by atoms with van der Waals surface area (Å²) in [6.45, 7) is 3.70. The molecule has 3 N–H and O–H groups in total. The number of ether oxygens (including phenoxy) is 2. The van der Waals surface area contributed by atoms with Gasteiger partial charge in [0.05, 0.1) is 23.8 Å². The van der Waals surface area contributed by atoms with Crippen LogP contribution in [-0.4, -0.2) is 84.9 Å². The number of aliphatic hydroxyl groups is 1. The molecule has 0 aromatic heterocycles. The van der Waals surface area contributed by atoms with E-state index in [-0.39, 0.29) is 35.4 Å². The zero-order valence-electron chi connectivity index (χ0n) is 21.7. The smallest absolute Gasteiger partial charge is 0.417 e. The fourth-order valence-electron chi connectivity index (χ4n) is 4.42. The van der Waals surface area contributed by atoms with E-state index in [0.29, 0.717) is 63.7 Å². The number of carbonyl (C=O) groups excluding carboxylic acids is 1. The summed E-state index contributed by atoms with van der Waals surface area (Å²) in [5.41, 5.74) is 1.21. The molecule has 220 valence electrons. The van der Waals surface area contributed by atoms with Gasteiger partial charge in [0.15, 0.2) is 0 Å². The molecule has 2 aromatic carbocycles. The Labute approximate surface area is 242 Å². The third kappa shape index (κ3) is 9.22. The van der Waals surface area contributed by atoms with E-state index >= 15 is 0 Å². The van der Waals surface area contributed by atoms with E-state index < -0.39 is 17.8 Å². The summed E-state index contributed by atoms with van der Waals surface area (Å²) in [7, 11) is 0. The maximum absolute atomic E-state index is 13.2. The van der Waals surface area contributed by atoms with Gasteiger partial charge in [-0.15, -0.1) is 12.4 Å². The van der Waals surface area contributed by atoms with Gasteiger partial charge in [0, 0.05) is 44.4 Å². The molecule has 12 heteroatoms. The van der Waals surface area contributed by atoms with Crippen molar-refractivity contribution in [2.75, 3.05) is 52.5 Å². The lowest BCUT2D eigenvalue weighted by atomic mass is 9.97. The van der Waals surface area contributed by atoms with Crippen molar-refractivity contribution in [3.05, 3.63) is 76.3 Å². The van der Waals surface area contributed by atoms with E-state index in [9.17, 15) is 23.1 Å². The van der Waals surface area contributed by atoms with Gasteiger partial charge in [-0.3, -0.25) is 9.69 Å². The number of halogens is 5. The maximum Gasteiger partial charge on any atom is 0.417 e. The zero-order valence-corrected chi connectivity index (χ0v) is 23.3. The number of hydrogen-bond acceptors (Lipinski definition) is 5. The van der Waals surface area contributed by atoms with Crippen LogP contribution in [0.25, 0.3) is 11.6 Å². The molecule has 0 radical (unpaired) electrons. The molecule has 0 unspecified atom stereocenters. The van der Waals surface area contributed by atoms with Gasteiger partial charge in [0.2, 0.25) is 5.91 Å². The molecule has 7 nitrogen and oxygen atoms in total. The molecule has 2 aliphatic heterocycles. The monoisotopic (exact) mass is 604 g/mol. The largest absolute Gasteiger partial charge is 0.490 e. The minimum atomic E-state index is -4.51. The van der Waals surface area contributed by atoms with Crippen LogP contribution in [0.4, 0.5) is 13.2 Å². The molecule has 40 heavy (non-hydrogen) atoms. The summed E-state index contributed by atoms with van der Waals surface area (Å²) in [4.78, 5) is 16.1. The molecule has 0 aliphatic carbocycles. The molecule has 0 saturated carbocycles. The van der Waals surface area contributed by atoms with Crippen molar-refractivity contribution in [1.82, 2.24) is 9.80 Å². The zero-order chi connectivity index (χ0) is 27.1. The second kappa shape index (κ2) is 15.4. The van der Waals surface area contributed by atoms with Crippen LogP contribution in [-0.2, 0) is 15.7 Å². The lowest BCUT2D eigenvalue weighted by Crippen LogP contribution is -2.39. The molecule has 1 amide bonds. The lowest BCUT2D eigenvalue weighted by Gasteiger charge is -2.28. The number of morpholine rings is 1. The Morgan fingerprint density at radius 2 is 1.88 bits per heavy atom. The molecule has 2 aliphatic rings. The van der Waals surface area contributed by atoms with Gasteiger partial charge in [-0.25, -0.2) is 0 Å². The first-order valence-corrected chi connectivity index (χ1v) is 12.8. The van der Waals surface area contributed by atoms with Gasteiger partial charge >= 0.3 is 6.18 Å². The highest BCUT2D eigenvalue weighted by molar-refractivity contribution is 6.31. The Kier molecular flexibility index (Phi) is 12.9. The third-order valence-electron chi connectivity index (χ3n) is 6.48. The van der Waals surface area contributed by atoms with Crippen LogP contribution in [0.15, 0.2) is 54.6 Å². The van der Waals surface area contributed by atoms with Crippen LogP contribution in [0.3, 0.4) is 0 Å². The third-order valence-corrected chi connectivity index (χ3v) is 6.81. The van der Waals surface area contributed by atoms with Crippen LogP contribution in [0.2, 0.25) is 5.02 Å². The maximum atomic E-state index is 13.2. The number of benzene rings is 2. The van der Waals surface area contributed by atoms with E-state index in [1.54, 1.807) is 23.1 Å². The number of para-hydroxylation sites is 1. The minimum absolute atomic E-state index is 0. The molecule has 4 rings (SSSR count). The molecule has 2 heterocycles. The number of hydrogen-bond donors (Lipinski definition) is 1. The van der Waals surface area contributed by atoms with E-state index in [4.69, 9.17) is 21.1 Å². The van der Waals surface area contributed by atoms with Crippen molar-refractivity contribution in [2.45, 2.75) is 18.7 Å². The number of rotatable bonds is 8. The average molecular weight is 605 g/mol. The highest BCUT2D eigenvalue weighted by Crippen LogP contribution is 2.37. The van der Waals surface area contributed by atoms with E-state index in [1.165, 1.54) is 12.1 Å². The van der Waals surface area contributed by atoms with Crippen LogP contribution < -0.4 is 4.74 Å². The number of alkyl halides is 3. The summed E-state index contributed by atoms with van der Waals surface area (Å²) in [6.07, 6.45) is 0.371. The Balaban J connectivity index is 0.00000280. The first kappa shape index (κ1) is 33.6. The van der Waals surface area contributed by atoms with Crippen molar-refractivity contribution in [3.8, 4) is 5.75 Å². The van der Waals surface area contributed by atoms with E-state index in [0.717, 1.165) is 17.2 Å². The van der Waals surface area contributed by atoms with Gasteiger partial charge in [0.1, 0.15) is 18.5 Å². The van der Waals surface area contributed by atoms with Crippen LogP contribution in [0.1, 0.15) is 23.1 Å². The normalized spacial score (nSPS) is 17.0. The van der Waals surface area contributed by atoms with Gasteiger partial charge in [0.25, 0.3) is 0 Å². The quantitative estimate of drug-likeness (QED) is 0.452. The predicted molar refractivity (Wildman–Crippen MR) is 151 cm³/mol. The highest BCUT2D eigenvalue weighted by Gasteiger charge is 2.33. The summed E-state index contributed by atoms with van der Waals surface area (Å²) in [6, 6.07) is 11.2. The van der Waals surface area contributed by atoms with Gasteiger partial charge in [-0.2, -0.15) is 13.2 Å². The fourth-order valence-corrected chi connectivity index (χ4v) is 4.64. The van der Waals surface area contributed by atoms with E-state index in [1.807, 2.05) is 29.2 Å². The first-order valence-electron chi connectivity index (χ1n) is 12.4. The van der Waals surface area contributed by atoms with Gasteiger partial charge in [-0.05, 0) is 41.8 Å². The Morgan fingerprint density at radius 3 is 2.55 bits per heavy atom. The highest BCUT2D eigenvalue weighted by atomic mass is 35.5. The Hall–Kier alpha value is -2.60. The SMILES string of the molecule is Cl.O.O=C(C=Cc1ccccc1OC[C@@H](O)CN1CC=C(c2ccc(Cl)c(C(F)(F)F)c2)CC1)N1CCOCC1. The fraction of sp³-hybridized carbons (Fsp3) is 0.393. The molecular weight excluding hydrogens is 572 g/mol. The lowest BCUT2D eigenvalue weighted by molar-refractivity contribution is -0.137.